The number of hydrogen-bond donors (Lipinski definition) is 1. The van der Waals surface area contributed by atoms with E-state index >= 15 is 0 Å². The van der Waals surface area contributed by atoms with Gasteiger partial charge in [0.05, 0.1) is 45.6 Å². The molecule has 3 aromatic rings. The Labute approximate surface area is 187 Å². The number of rotatable bonds is 8. The van der Waals surface area contributed by atoms with Crippen LogP contribution in [0, 0.1) is 11.3 Å². The topological polar surface area (TPSA) is 97.1 Å². The Bertz CT molecular complexity index is 1140. The van der Waals surface area contributed by atoms with Crippen LogP contribution in [0.25, 0.3) is 11.3 Å². The Hall–Kier alpha value is -2.99. The minimum Gasteiger partial charge on any atom is -0.487 e. The Morgan fingerprint density at radius 2 is 1.94 bits per heavy atom. The van der Waals surface area contributed by atoms with Gasteiger partial charge < -0.3 is 9.47 Å². The first-order chi connectivity index (χ1) is 15.0. The number of benzene rings is 2. The van der Waals surface area contributed by atoms with Crippen molar-refractivity contribution in [3.05, 3.63) is 64.8 Å². The molecule has 7 nitrogen and oxygen atoms in total. The third-order valence-corrected chi connectivity index (χ3v) is 5.34. The van der Waals surface area contributed by atoms with Gasteiger partial charge in [-0.15, -0.1) is 0 Å². The highest BCUT2D eigenvalue weighted by atomic mass is 35.5. The molecule has 1 aliphatic rings. The second kappa shape index (κ2) is 9.43. The highest BCUT2D eigenvalue weighted by molar-refractivity contribution is 7.82. The molecule has 0 spiro atoms. The molecule has 2 aromatic carbocycles. The summed E-state index contributed by atoms with van der Waals surface area (Å²) in [5, 5.41) is 18.1. The van der Waals surface area contributed by atoms with Crippen molar-refractivity contribution in [2.45, 2.75) is 25.5 Å². The number of ether oxygens (including phenoxy) is 2. The summed E-state index contributed by atoms with van der Waals surface area (Å²) < 4.78 is 25.5. The van der Waals surface area contributed by atoms with Crippen LogP contribution in [-0.2, 0) is 17.5 Å². The summed E-state index contributed by atoms with van der Waals surface area (Å²) in [5.74, 6) is 1.47. The molecule has 1 saturated carbocycles. The first kappa shape index (κ1) is 21.2. The molecular weight excluding hydrogens is 436 g/mol. The molecule has 1 aromatic heterocycles. The highest BCUT2D eigenvalue weighted by Gasteiger charge is 2.26. The van der Waals surface area contributed by atoms with Crippen LogP contribution in [0.15, 0.2) is 48.5 Å². The lowest BCUT2D eigenvalue weighted by atomic mass is 10.1. The van der Waals surface area contributed by atoms with Crippen LogP contribution in [0.3, 0.4) is 0 Å². The Morgan fingerprint density at radius 1 is 1.16 bits per heavy atom. The van der Waals surface area contributed by atoms with Crippen LogP contribution < -0.4 is 14.2 Å². The van der Waals surface area contributed by atoms with Crippen molar-refractivity contribution < 1.29 is 13.7 Å². The van der Waals surface area contributed by atoms with Crippen molar-refractivity contribution in [1.29, 1.82) is 5.26 Å². The molecule has 0 saturated heterocycles. The predicted molar refractivity (Wildman–Crippen MR) is 118 cm³/mol. The molecule has 1 heterocycles. The van der Waals surface area contributed by atoms with Crippen LogP contribution >= 0.6 is 11.6 Å². The molecule has 0 bridgehead atoms. The molecule has 1 N–H and O–H groups in total. The van der Waals surface area contributed by atoms with Crippen molar-refractivity contribution in [3.63, 3.8) is 0 Å². The van der Waals surface area contributed by atoms with E-state index in [2.05, 4.69) is 21.0 Å². The van der Waals surface area contributed by atoms with E-state index < -0.39 is 11.0 Å². The molecule has 1 aliphatic carbocycles. The minimum absolute atomic E-state index is 0.146. The quantitative estimate of drug-likeness (QED) is 0.542. The minimum atomic E-state index is -1.10. The molecule has 1 unspecified atom stereocenters. The van der Waals surface area contributed by atoms with E-state index in [-0.39, 0.29) is 6.10 Å². The van der Waals surface area contributed by atoms with Gasteiger partial charge in [0.2, 0.25) is 0 Å². The first-order valence-electron chi connectivity index (χ1n) is 9.60. The second-order valence-corrected chi connectivity index (χ2v) is 8.63. The van der Waals surface area contributed by atoms with Gasteiger partial charge in [-0.25, -0.2) is 8.93 Å². The smallest absolute Gasteiger partial charge is 0.156 e. The van der Waals surface area contributed by atoms with Crippen LogP contribution in [0.1, 0.15) is 24.1 Å². The number of nitriles is 1. The van der Waals surface area contributed by atoms with E-state index in [4.69, 9.17) is 21.1 Å². The third-order valence-electron chi connectivity index (χ3n) is 4.51. The average molecular weight is 455 g/mol. The van der Waals surface area contributed by atoms with E-state index in [0.29, 0.717) is 45.8 Å². The van der Waals surface area contributed by atoms with E-state index in [0.717, 1.165) is 18.4 Å². The molecule has 1 atom stereocenters. The van der Waals surface area contributed by atoms with Crippen LogP contribution in [0.2, 0.25) is 5.02 Å². The highest BCUT2D eigenvalue weighted by Crippen LogP contribution is 2.38. The average Bonchev–Trinajstić information content (AvgIpc) is 3.59. The van der Waals surface area contributed by atoms with Gasteiger partial charge in [-0.1, -0.05) is 11.6 Å². The maximum Gasteiger partial charge on any atom is 0.156 e. The molecular formula is C22H19ClN4O3S. The number of nitrogens with one attached hydrogen (secondary N) is 1. The second-order valence-electron chi connectivity index (χ2n) is 7.02. The maximum atomic E-state index is 11.1. The molecule has 0 amide bonds. The molecule has 0 aliphatic heterocycles. The van der Waals surface area contributed by atoms with Gasteiger partial charge in [-0.3, -0.25) is 0 Å². The van der Waals surface area contributed by atoms with Gasteiger partial charge in [-0.05, 0) is 49.2 Å². The van der Waals surface area contributed by atoms with Crippen molar-refractivity contribution >= 4 is 22.6 Å². The molecule has 31 heavy (non-hydrogen) atoms. The fraction of sp³-hybridized carbons (Fsp3) is 0.227. The summed E-state index contributed by atoms with van der Waals surface area (Å²) in [7, 11) is -1.10. The van der Waals surface area contributed by atoms with E-state index in [9.17, 15) is 9.47 Å². The van der Waals surface area contributed by atoms with Gasteiger partial charge in [0.15, 0.2) is 5.75 Å². The summed E-state index contributed by atoms with van der Waals surface area (Å²) in [4.78, 5) is 0. The van der Waals surface area contributed by atoms with Crippen LogP contribution in [0.5, 0.6) is 17.2 Å². The Balaban J connectivity index is 1.45. The fourth-order valence-electron chi connectivity index (χ4n) is 2.80. The van der Waals surface area contributed by atoms with Crippen molar-refractivity contribution in [3.8, 4) is 34.6 Å². The van der Waals surface area contributed by atoms with Gasteiger partial charge in [0.25, 0.3) is 0 Å². The zero-order chi connectivity index (χ0) is 21.8. The monoisotopic (exact) mass is 454 g/mol. The number of nitrogens with zero attached hydrogens (tertiary/aromatic N) is 3. The summed E-state index contributed by atoms with van der Waals surface area (Å²) in [5.41, 5.74) is 2.65. The molecule has 0 radical (unpaired) electrons. The lowest BCUT2D eigenvalue weighted by Crippen LogP contribution is -2.16. The molecule has 158 valence electrons. The summed E-state index contributed by atoms with van der Waals surface area (Å²) in [6.07, 6.45) is 3.68. The summed E-state index contributed by atoms with van der Waals surface area (Å²) in [6, 6.07) is 16.4. The maximum absolute atomic E-state index is 11.1. The lowest BCUT2D eigenvalue weighted by molar-refractivity contribution is 0.302. The van der Waals surface area contributed by atoms with Crippen molar-refractivity contribution in [2.75, 3.05) is 6.26 Å². The van der Waals surface area contributed by atoms with Crippen molar-refractivity contribution in [1.82, 2.24) is 14.9 Å². The third kappa shape index (κ3) is 5.58. The normalized spacial score (nSPS) is 14.0. The molecule has 9 heteroatoms. The largest absolute Gasteiger partial charge is 0.487 e. The van der Waals surface area contributed by atoms with Gasteiger partial charge in [0, 0.05) is 24.0 Å². The standard InChI is InChI=1S/C22H19ClN4O3S/c1-31(28)25-13-16-4-9-21(27-26-16)14-2-5-17(6-3-14)29-19-10-15(12-24)22(20(23)11-19)30-18-7-8-18/h2-6,9-11,18,25H,7-8,13H2,1H3. The van der Waals surface area contributed by atoms with Crippen LogP contribution in [0.4, 0.5) is 0 Å². The lowest BCUT2D eigenvalue weighted by Gasteiger charge is -2.12. The number of aromatic nitrogens is 2. The van der Waals surface area contributed by atoms with Gasteiger partial charge in [0.1, 0.15) is 17.6 Å². The Morgan fingerprint density at radius 3 is 2.55 bits per heavy atom. The molecule has 4 rings (SSSR count). The van der Waals surface area contributed by atoms with E-state index in [1.165, 1.54) is 0 Å². The van der Waals surface area contributed by atoms with Gasteiger partial charge in [-0.2, -0.15) is 15.5 Å². The summed E-state index contributed by atoms with van der Waals surface area (Å²) >= 11 is 6.32. The fourth-order valence-corrected chi connectivity index (χ4v) is 3.40. The SMILES string of the molecule is CS(=O)NCc1ccc(-c2ccc(Oc3cc(Cl)c(OC4CC4)c(C#N)c3)cc2)nn1. The summed E-state index contributed by atoms with van der Waals surface area (Å²) in [6.45, 7) is 0.390. The van der Waals surface area contributed by atoms with E-state index in [1.54, 1.807) is 30.5 Å². The number of hydrogen-bond acceptors (Lipinski definition) is 6. The van der Waals surface area contributed by atoms with E-state index in [1.807, 2.05) is 24.3 Å². The van der Waals surface area contributed by atoms with Crippen LogP contribution in [-0.4, -0.2) is 26.8 Å². The zero-order valence-corrected chi connectivity index (χ0v) is 18.2. The van der Waals surface area contributed by atoms with Crippen molar-refractivity contribution in [2.24, 2.45) is 0 Å². The zero-order valence-electron chi connectivity index (χ0n) is 16.7. The number of halogens is 1. The Kier molecular flexibility index (Phi) is 6.47. The molecule has 1 fully saturated rings. The van der Waals surface area contributed by atoms with Gasteiger partial charge >= 0.3 is 0 Å². The predicted octanol–water partition coefficient (Wildman–Crippen LogP) is 4.39. The first-order valence-corrected chi connectivity index (χ1v) is 11.5.